The Morgan fingerprint density at radius 2 is 2.16 bits per heavy atom. The van der Waals surface area contributed by atoms with Crippen LogP contribution in [0.1, 0.15) is 17.3 Å². The quantitative estimate of drug-likeness (QED) is 0.915. The lowest BCUT2D eigenvalue weighted by atomic mass is 10.3. The Bertz CT molecular complexity index is 676. The summed E-state index contributed by atoms with van der Waals surface area (Å²) in [6.07, 6.45) is 1.57. The van der Waals surface area contributed by atoms with Gasteiger partial charge in [0.05, 0.1) is 11.3 Å². The van der Waals surface area contributed by atoms with E-state index in [1.54, 1.807) is 6.20 Å². The van der Waals surface area contributed by atoms with Crippen LogP contribution in [0.25, 0.3) is 0 Å². The molecule has 0 radical (unpaired) electrons. The van der Waals surface area contributed by atoms with E-state index < -0.39 is 5.91 Å². The first-order chi connectivity index (χ1) is 9.01. The number of carbonyl (C=O) groups is 1. The van der Waals surface area contributed by atoms with Gasteiger partial charge in [-0.05, 0) is 19.1 Å². The van der Waals surface area contributed by atoms with E-state index in [9.17, 15) is 9.59 Å². The van der Waals surface area contributed by atoms with Gasteiger partial charge in [0.15, 0.2) is 0 Å². The van der Waals surface area contributed by atoms with E-state index in [0.717, 1.165) is 0 Å². The largest absolute Gasteiger partial charge is 0.336 e. The van der Waals surface area contributed by atoms with Gasteiger partial charge in [0.1, 0.15) is 10.3 Å². The van der Waals surface area contributed by atoms with Crippen molar-refractivity contribution in [3.05, 3.63) is 50.6 Å². The molecule has 1 amide bonds. The van der Waals surface area contributed by atoms with Gasteiger partial charge in [0, 0.05) is 18.8 Å². The van der Waals surface area contributed by atoms with Gasteiger partial charge in [-0.25, -0.2) is 0 Å². The number of H-pyrrole nitrogens is 1. The lowest BCUT2D eigenvalue weighted by Crippen LogP contribution is -2.19. The lowest BCUT2D eigenvalue weighted by molar-refractivity contribution is 0.102. The Hall–Kier alpha value is -1.72. The molecule has 0 spiro atoms. The molecule has 2 aromatic rings. The molecule has 0 aromatic carbocycles. The molecule has 2 N–H and O–H groups in total. The predicted octanol–water partition coefficient (Wildman–Crippen LogP) is 2.76. The standard InChI is InChI=1S/C12H11Cl2N3O2/c1-2-17-6-7(3-4-10(17)18)15-12(19)8-5-9(13)16-11(8)14/h3-6,16H,2H2,1H3,(H,15,19). The molecule has 5 nitrogen and oxygen atoms in total. The van der Waals surface area contributed by atoms with Crippen molar-refractivity contribution in [2.75, 3.05) is 5.32 Å². The van der Waals surface area contributed by atoms with Gasteiger partial charge in [-0.1, -0.05) is 23.2 Å². The number of carbonyl (C=O) groups excluding carboxylic acids is 1. The molecule has 0 aliphatic heterocycles. The summed E-state index contributed by atoms with van der Waals surface area (Å²) in [5.41, 5.74) is 0.643. The van der Waals surface area contributed by atoms with E-state index in [4.69, 9.17) is 23.2 Å². The topological polar surface area (TPSA) is 66.9 Å². The summed E-state index contributed by atoms with van der Waals surface area (Å²) in [7, 11) is 0. The Kier molecular flexibility index (Phi) is 3.97. The fourth-order valence-corrected chi connectivity index (χ4v) is 2.11. The van der Waals surface area contributed by atoms with E-state index in [1.807, 2.05) is 6.92 Å². The number of aromatic nitrogens is 2. The van der Waals surface area contributed by atoms with Crippen LogP contribution in [0, 0.1) is 0 Å². The average molecular weight is 300 g/mol. The van der Waals surface area contributed by atoms with Crippen molar-refractivity contribution >= 4 is 34.8 Å². The molecule has 0 saturated heterocycles. The molecule has 7 heteroatoms. The van der Waals surface area contributed by atoms with Crippen LogP contribution < -0.4 is 10.9 Å². The fourth-order valence-electron chi connectivity index (χ4n) is 1.61. The molecule has 19 heavy (non-hydrogen) atoms. The van der Waals surface area contributed by atoms with E-state index in [1.165, 1.54) is 22.8 Å². The number of aromatic amines is 1. The number of nitrogens with zero attached hydrogens (tertiary/aromatic N) is 1. The highest BCUT2D eigenvalue weighted by Gasteiger charge is 2.14. The number of pyridine rings is 1. The predicted molar refractivity (Wildman–Crippen MR) is 75.1 cm³/mol. The first-order valence-corrected chi connectivity index (χ1v) is 6.32. The minimum atomic E-state index is -0.394. The highest BCUT2D eigenvalue weighted by atomic mass is 35.5. The van der Waals surface area contributed by atoms with Crippen LogP contribution >= 0.6 is 23.2 Å². The third kappa shape index (κ3) is 3.00. The van der Waals surface area contributed by atoms with Crippen LogP contribution in [0.3, 0.4) is 0 Å². The van der Waals surface area contributed by atoms with Crippen LogP contribution in [0.4, 0.5) is 5.69 Å². The monoisotopic (exact) mass is 299 g/mol. The van der Waals surface area contributed by atoms with Gasteiger partial charge in [-0.2, -0.15) is 0 Å². The van der Waals surface area contributed by atoms with Crippen LogP contribution in [-0.4, -0.2) is 15.5 Å². The number of hydrogen-bond donors (Lipinski definition) is 2. The number of hydrogen-bond acceptors (Lipinski definition) is 2. The van der Waals surface area contributed by atoms with E-state index in [2.05, 4.69) is 10.3 Å². The summed E-state index contributed by atoms with van der Waals surface area (Å²) in [6, 6.07) is 4.37. The molecule has 2 heterocycles. The number of amides is 1. The maximum Gasteiger partial charge on any atom is 0.258 e. The zero-order valence-electron chi connectivity index (χ0n) is 10.0. The second-order valence-corrected chi connectivity index (χ2v) is 4.63. The highest BCUT2D eigenvalue weighted by molar-refractivity contribution is 6.36. The lowest BCUT2D eigenvalue weighted by Gasteiger charge is -2.07. The maximum absolute atomic E-state index is 12.0. The van der Waals surface area contributed by atoms with Crippen molar-refractivity contribution in [1.82, 2.24) is 9.55 Å². The maximum atomic E-state index is 12.0. The smallest absolute Gasteiger partial charge is 0.258 e. The molecule has 0 saturated carbocycles. The molecule has 0 unspecified atom stereocenters. The zero-order valence-corrected chi connectivity index (χ0v) is 11.5. The van der Waals surface area contributed by atoms with Gasteiger partial charge < -0.3 is 14.9 Å². The van der Waals surface area contributed by atoms with Gasteiger partial charge >= 0.3 is 0 Å². The third-order valence-corrected chi connectivity index (χ3v) is 3.07. The summed E-state index contributed by atoms with van der Waals surface area (Å²) in [4.78, 5) is 26.0. The first-order valence-electron chi connectivity index (χ1n) is 5.57. The van der Waals surface area contributed by atoms with E-state index in [0.29, 0.717) is 12.2 Å². The van der Waals surface area contributed by atoms with E-state index >= 15 is 0 Å². The van der Waals surface area contributed by atoms with Crippen LogP contribution in [0.5, 0.6) is 0 Å². The fraction of sp³-hybridized carbons (Fsp3) is 0.167. The Labute approximate surface area is 119 Å². The van der Waals surface area contributed by atoms with Crippen molar-refractivity contribution in [3.63, 3.8) is 0 Å². The summed E-state index contributed by atoms with van der Waals surface area (Å²) in [5, 5.41) is 3.11. The molecule has 0 bridgehead atoms. The number of aryl methyl sites for hydroxylation is 1. The number of nitrogens with one attached hydrogen (secondary N) is 2. The zero-order chi connectivity index (χ0) is 14.0. The van der Waals surface area contributed by atoms with Crippen molar-refractivity contribution in [2.45, 2.75) is 13.5 Å². The minimum Gasteiger partial charge on any atom is -0.336 e. The summed E-state index contributed by atoms with van der Waals surface area (Å²) >= 11 is 11.5. The summed E-state index contributed by atoms with van der Waals surface area (Å²) in [6.45, 7) is 2.37. The molecule has 2 aromatic heterocycles. The molecule has 2 rings (SSSR count). The van der Waals surface area contributed by atoms with Crippen LogP contribution in [-0.2, 0) is 6.54 Å². The molecular formula is C12H11Cl2N3O2. The SMILES string of the molecule is CCn1cc(NC(=O)c2cc(Cl)[nH]c2Cl)ccc1=O. The summed E-state index contributed by atoms with van der Waals surface area (Å²) < 4.78 is 1.49. The normalized spacial score (nSPS) is 10.5. The van der Waals surface area contributed by atoms with E-state index in [-0.39, 0.29) is 21.4 Å². The molecule has 0 aliphatic rings. The van der Waals surface area contributed by atoms with Crippen molar-refractivity contribution < 1.29 is 4.79 Å². The average Bonchev–Trinajstić information content (AvgIpc) is 2.71. The molecular weight excluding hydrogens is 289 g/mol. The van der Waals surface area contributed by atoms with Gasteiger partial charge in [0.2, 0.25) is 0 Å². The van der Waals surface area contributed by atoms with Crippen LogP contribution in [0.15, 0.2) is 29.2 Å². The first kappa shape index (κ1) is 13.7. The van der Waals surface area contributed by atoms with Gasteiger partial charge in [0.25, 0.3) is 11.5 Å². The highest BCUT2D eigenvalue weighted by Crippen LogP contribution is 2.21. The molecule has 100 valence electrons. The second kappa shape index (κ2) is 5.50. The number of anilines is 1. The number of halogens is 2. The van der Waals surface area contributed by atoms with Crippen molar-refractivity contribution in [2.24, 2.45) is 0 Å². The number of rotatable bonds is 3. The summed E-state index contributed by atoms with van der Waals surface area (Å²) in [5.74, 6) is -0.394. The molecule has 0 fully saturated rings. The molecule has 0 aliphatic carbocycles. The third-order valence-electron chi connectivity index (χ3n) is 2.56. The molecule has 0 atom stereocenters. The van der Waals surface area contributed by atoms with Crippen molar-refractivity contribution in [3.8, 4) is 0 Å². The van der Waals surface area contributed by atoms with Crippen molar-refractivity contribution in [1.29, 1.82) is 0 Å². The van der Waals surface area contributed by atoms with Crippen LogP contribution in [0.2, 0.25) is 10.3 Å². The Morgan fingerprint density at radius 3 is 2.74 bits per heavy atom. The Balaban J connectivity index is 2.24. The van der Waals surface area contributed by atoms with Gasteiger partial charge in [-0.15, -0.1) is 0 Å². The minimum absolute atomic E-state index is 0.122. The Morgan fingerprint density at radius 1 is 1.42 bits per heavy atom. The second-order valence-electron chi connectivity index (χ2n) is 3.84. The van der Waals surface area contributed by atoms with Gasteiger partial charge in [-0.3, -0.25) is 9.59 Å².